The Bertz CT molecular complexity index is 1610. The van der Waals surface area contributed by atoms with Crippen molar-refractivity contribution in [1.82, 2.24) is 0 Å². The zero-order chi connectivity index (χ0) is 25.4. The van der Waals surface area contributed by atoms with E-state index in [0.29, 0.717) is 23.5 Å². The standard InChI is InChI=1S/C27H23N3O5S/c1-3-30-24-16-15-22(19-8-6-9-21(25(19)24)27(30)32)28-26(31)20-7-4-5-10-23(20)29-36(33,34)18-13-11-17(35-2)12-14-18/h4-16,29H,3H2,1-2H3,(H,28,31). The first-order valence-corrected chi connectivity index (χ1v) is 12.8. The number of anilines is 3. The number of hydrogen-bond donors (Lipinski definition) is 2. The monoisotopic (exact) mass is 501 g/mol. The van der Waals surface area contributed by atoms with Crippen molar-refractivity contribution in [1.29, 1.82) is 0 Å². The minimum absolute atomic E-state index is 0.0381. The maximum absolute atomic E-state index is 13.3. The smallest absolute Gasteiger partial charge is 0.261 e. The maximum Gasteiger partial charge on any atom is 0.261 e. The first-order chi connectivity index (χ1) is 17.3. The van der Waals surface area contributed by atoms with Crippen LogP contribution in [0.4, 0.5) is 17.1 Å². The topological polar surface area (TPSA) is 105 Å². The molecule has 0 aromatic heterocycles. The number of para-hydroxylation sites is 1. The van der Waals surface area contributed by atoms with Crippen LogP contribution in [0.15, 0.2) is 83.8 Å². The van der Waals surface area contributed by atoms with Gasteiger partial charge in [0.15, 0.2) is 0 Å². The molecule has 182 valence electrons. The largest absolute Gasteiger partial charge is 0.497 e. The van der Waals surface area contributed by atoms with Gasteiger partial charge in [0.25, 0.3) is 21.8 Å². The second kappa shape index (κ2) is 9.01. The number of amides is 2. The van der Waals surface area contributed by atoms with Crippen LogP contribution in [-0.4, -0.2) is 33.9 Å². The number of nitrogens with zero attached hydrogens (tertiary/aromatic N) is 1. The molecule has 2 amide bonds. The zero-order valence-electron chi connectivity index (χ0n) is 19.6. The Morgan fingerprint density at radius 1 is 0.917 bits per heavy atom. The van der Waals surface area contributed by atoms with Gasteiger partial charge in [-0.15, -0.1) is 0 Å². The van der Waals surface area contributed by atoms with Crippen molar-refractivity contribution in [2.45, 2.75) is 11.8 Å². The lowest BCUT2D eigenvalue weighted by Gasteiger charge is -2.16. The molecule has 2 N–H and O–H groups in total. The highest BCUT2D eigenvalue weighted by Crippen LogP contribution is 2.40. The third-order valence-electron chi connectivity index (χ3n) is 6.14. The van der Waals surface area contributed by atoms with Gasteiger partial charge in [0, 0.05) is 28.6 Å². The summed E-state index contributed by atoms with van der Waals surface area (Å²) in [7, 11) is -2.45. The molecule has 8 nitrogen and oxygen atoms in total. The number of carbonyl (C=O) groups excluding carboxylic acids is 2. The molecule has 4 aromatic rings. The maximum atomic E-state index is 13.3. The Hall–Kier alpha value is -4.37. The molecule has 0 atom stereocenters. The Balaban J connectivity index is 1.47. The number of carbonyl (C=O) groups is 2. The van der Waals surface area contributed by atoms with Gasteiger partial charge in [-0.2, -0.15) is 0 Å². The second-order valence-corrected chi connectivity index (χ2v) is 9.87. The molecule has 1 aliphatic rings. The summed E-state index contributed by atoms with van der Waals surface area (Å²) in [5.74, 6) is -0.0249. The van der Waals surface area contributed by atoms with Crippen LogP contribution in [0.5, 0.6) is 5.75 Å². The number of sulfonamides is 1. The molecule has 9 heteroatoms. The number of benzene rings is 4. The Morgan fingerprint density at radius 3 is 2.39 bits per heavy atom. The highest BCUT2D eigenvalue weighted by Gasteiger charge is 2.29. The molecular weight excluding hydrogens is 478 g/mol. The van der Waals surface area contributed by atoms with E-state index in [-0.39, 0.29) is 22.1 Å². The molecule has 0 aliphatic carbocycles. The zero-order valence-corrected chi connectivity index (χ0v) is 20.4. The first kappa shape index (κ1) is 23.4. The van der Waals surface area contributed by atoms with E-state index in [9.17, 15) is 18.0 Å². The number of rotatable bonds is 7. The lowest BCUT2D eigenvalue weighted by Crippen LogP contribution is -2.25. The van der Waals surface area contributed by atoms with Gasteiger partial charge in [0.1, 0.15) is 5.75 Å². The summed E-state index contributed by atoms with van der Waals surface area (Å²) in [5.41, 5.74) is 2.22. The lowest BCUT2D eigenvalue weighted by atomic mass is 10.0. The van der Waals surface area contributed by atoms with Crippen LogP contribution in [0.3, 0.4) is 0 Å². The lowest BCUT2D eigenvalue weighted by molar-refractivity contribution is 0.0992. The molecule has 4 aromatic carbocycles. The Morgan fingerprint density at radius 2 is 1.67 bits per heavy atom. The highest BCUT2D eigenvalue weighted by atomic mass is 32.2. The van der Waals surface area contributed by atoms with E-state index < -0.39 is 15.9 Å². The van der Waals surface area contributed by atoms with Crippen LogP contribution in [0.2, 0.25) is 0 Å². The summed E-state index contributed by atoms with van der Waals surface area (Å²) in [6.07, 6.45) is 0. The van der Waals surface area contributed by atoms with Crippen molar-refractivity contribution in [3.05, 3.63) is 90.0 Å². The number of nitrogens with one attached hydrogen (secondary N) is 2. The molecule has 1 aliphatic heterocycles. The molecule has 0 spiro atoms. The Kier molecular flexibility index (Phi) is 5.85. The molecular formula is C27H23N3O5S. The van der Waals surface area contributed by atoms with Gasteiger partial charge in [-0.05, 0) is 61.5 Å². The fourth-order valence-electron chi connectivity index (χ4n) is 4.39. The van der Waals surface area contributed by atoms with Gasteiger partial charge in [-0.1, -0.05) is 24.3 Å². The SMILES string of the molecule is CCN1C(=O)c2cccc3c(NC(=O)c4ccccc4NS(=O)(=O)c4ccc(OC)cc4)ccc1c23. The summed E-state index contributed by atoms with van der Waals surface area (Å²) < 4.78 is 33.5. The minimum Gasteiger partial charge on any atom is -0.497 e. The summed E-state index contributed by atoms with van der Waals surface area (Å²) >= 11 is 0. The number of methoxy groups -OCH3 is 1. The van der Waals surface area contributed by atoms with Crippen molar-refractivity contribution in [3.8, 4) is 5.75 Å². The molecule has 1 heterocycles. The third-order valence-corrected chi connectivity index (χ3v) is 7.52. The van der Waals surface area contributed by atoms with Crippen LogP contribution in [0.25, 0.3) is 10.8 Å². The number of ether oxygens (including phenoxy) is 1. The van der Waals surface area contributed by atoms with Gasteiger partial charge in [0.2, 0.25) is 0 Å². The van der Waals surface area contributed by atoms with Crippen LogP contribution in [0, 0.1) is 0 Å². The molecule has 0 saturated heterocycles. The normalized spacial score (nSPS) is 12.6. The summed E-state index contributed by atoms with van der Waals surface area (Å²) in [6.45, 7) is 2.45. The first-order valence-electron chi connectivity index (χ1n) is 11.3. The van der Waals surface area contributed by atoms with Gasteiger partial charge >= 0.3 is 0 Å². The van der Waals surface area contributed by atoms with Crippen LogP contribution >= 0.6 is 0 Å². The molecule has 0 unspecified atom stereocenters. The van der Waals surface area contributed by atoms with E-state index in [1.165, 1.54) is 25.3 Å². The van der Waals surface area contributed by atoms with E-state index >= 15 is 0 Å². The molecule has 36 heavy (non-hydrogen) atoms. The number of hydrogen-bond acceptors (Lipinski definition) is 5. The Labute approximate surface area is 208 Å². The van der Waals surface area contributed by atoms with Crippen molar-refractivity contribution in [3.63, 3.8) is 0 Å². The van der Waals surface area contributed by atoms with Crippen molar-refractivity contribution < 1.29 is 22.7 Å². The molecule has 0 fully saturated rings. The van der Waals surface area contributed by atoms with Gasteiger partial charge in [-0.25, -0.2) is 8.42 Å². The molecule has 0 radical (unpaired) electrons. The average Bonchev–Trinajstić information content (AvgIpc) is 3.17. The van der Waals surface area contributed by atoms with Gasteiger partial charge in [0.05, 0.1) is 28.9 Å². The van der Waals surface area contributed by atoms with Crippen LogP contribution < -0.4 is 19.7 Å². The van der Waals surface area contributed by atoms with E-state index in [1.54, 1.807) is 53.4 Å². The summed E-state index contributed by atoms with van der Waals surface area (Å²) in [6, 6.07) is 21.3. The van der Waals surface area contributed by atoms with Crippen molar-refractivity contribution in [2.75, 3.05) is 28.6 Å². The molecule has 0 bridgehead atoms. The van der Waals surface area contributed by atoms with Crippen molar-refractivity contribution in [2.24, 2.45) is 0 Å². The molecule has 0 saturated carbocycles. The van der Waals surface area contributed by atoms with Crippen LogP contribution in [0.1, 0.15) is 27.6 Å². The fourth-order valence-corrected chi connectivity index (χ4v) is 5.47. The summed E-state index contributed by atoms with van der Waals surface area (Å²) in [5, 5.41) is 4.41. The summed E-state index contributed by atoms with van der Waals surface area (Å²) in [4.78, 5) is 27.8. The van der Waals surface area contributed by atoms with E-state index in [2.05, 4.69) is 10.0 Å². The van der Waals surface area contributed by atoms with Crippen molar-refractivity contribution >= 4 is 49.7 Å². The quantitative estimate of drug-likeness (QED) is 0.376. The van der Waals surface area contributed by atoms with E-state index in [1.807, 2.05) is 19.1 Å². The predicted molar refractivity (Wildman–Crippen MR) is 139 cm³/mol. The predicted octanol–water partition coefficient (Wildman–Crippen LogP) is 4.88. The van der Waals surface area contributed by atoms with Crippen LogP contribution in [-0.2, 0) is 10.0 Å². The third kappa shape index (κ3) is 3.93. The fraction of sp³-hybridized carbons (Fsp3) is 0.111. The highest BCUT2D eigenvalue weighted by molar-refractivity contribution is 7.92. The average molecular weight is 502 g/mol. The van der Waals surface area contributed by atoms with E-state index in [0.717, 1.165) is 16.5 Å². The minimum atomic E-state index is -3.95. The van der Waals surface area contributed by atoms with Gasteiger partial charge < -0.3 is 15.0 Å². The second-order valence-electron chi connectivity index (χ2n) is 8.19. The molecule has 5 rings (SSSR count). The van der Waals surface area contributed by atoms with Gasteiger partial charge in [-0.3, -0.25) is 14.3 Å². The van der Waals surface area contributed by atoms with E-state index in [4.69, 9.17) is 4.74 Å².